The van der Waals surface area contributed by atoms with E-state index in [1.807, 2.05) is 0 Å². The van der Waals surface area contributed by atoms with E-state index in [1.54, 1.807) is 0 Å². The molecule has 3 heterocycles. The number of rotatable bonds is 11. The number of hydrogen-bond acceptors (Lipinski definition) is 17. The summed E-state index contributed by atoms with van der Waals surface area (Å²) in [6, 6.07) is 0. The van der Waals surface area contributed by atoms with E-state index in [9.17, 15) is 33.6 Å². The lowest BCUT2D eigenvalue weighted by atomic mass is 9.80. The predicted octanol–water partition coefficient (Wildman–Crippen LogP) is -0.629. The fourth-order valence-electron chi connectivity index (χ4n) is 5.35. The molecule has 45 heavy (non-hydrogen) atoms. The molecule has 0 unspecified atom stereocenters. The first-order valence-electron chi connectivity index (χ1n) is 13.7. The second-order valence-corrected chi connectivity index (χ2v) is 10.4. The molecule has 0 aromatic carbocycles. The standard InChI is InChI=1S/C27H35FO17/c1-10(29)36-8-17-19(38-12(3)31)20(39-13(4)32)21(40-14(5)33)22(43-17)23(28)27-24(41-15(6)34)18(9-37-11(2)30)44-26(25(27)45-27)42-16(7)35/h17-26H,8-9H2,1-7H3/t17-,18-,19-,20+,21-,22-,23-,24+,25+,26+,27-/m1/s1. The molecule has 0 N–H and O–H groups in total. The van der Waals surface area contributed by atoms with Gasteiger partial charge in [-0.2, -0.15) is 0 Å². The van der Waals surface area contributed by atoms with Gasteiger partial charge in [0.25, 0.3) is 0 Å². The zero-order valence-corrected chi connectivity index (χ0v) is 25.5. The minimum atomic E-state index is -2.49. The first kappa shape index (κ1) is 35.6. The molecule has 0 bridgehead atoms. The van der Waals surface area contributed by atoms with Crippen LogP contribution in [0.25, 0.3) is 0 Å². The largest absolute Gasteiger partial charge is 0.463 e. The van der Waals surface area contributed by atoms with Crippen LogP contribution in [0.15, 0.2) is 0 Å². The summed E-state index contributed by atoms with van der Waals surface area (Å²) in [7, 11) is 0. The second-order valence-electron chi connectivity index (χ2n) is 10.4. The van der Waals surface area contributed by atoms with Crippen molar-refractivity contribution in [3.63, 3.8) is 0 Å². The molecule has 18 heteroatoms. The molecule has 0 spiro atoms. The maximum Gasteiger partial charge on any atom is 0.305 e. The monoisotopic (exact) mass is 650 g/mol. The molecule has 0 aromatic heterocycles. The van der Waals surface area contributed by atoms with Crippen LogP contribution in [0.3, 0.4) is 0 Å². The Balaban J connectivity index is 2.15. The van der Waals surface area contributed by atoms with E-state index in [-0.39, 0.29) is 0 Å². The van der Waals surface area contributed by atoms with Crippen molar-refractivity contribution in [3.8, 4) is 0 Å². The summed E-state index contributed by atoms with van der Waals surface area (Å²) in [6.07, 6.45) is -17.2. The lowest BCUT2D eigenvalue weighted by Gasteiger charge is -2.47. The molecule has 252 valence electrons. The molecule has 3 rings (SSSR count). The van der Waals surface area contributed by atoms with Gasteiger partial charge in [-0.15, -0.1) is 0 Å². The van der Waals surface area contributed by atoms with E-state index in [1.165, 1.54) is 0 Å². The maximum atomic E-state index is 17.3. The first-order valence-corrected chi connectivity index (χ1v) is 13.7. The Morgan fingerprint density at radius 2 is 1.07 bits per heavy atom. The van der Waals surface area contributed by atoms with Gasteiger partial charge in [-0.3, -0.25) is 33.6 Å². The van der Waals surface area contributed by atoms with Crippen LogP contribution in [0.5, 0.6) is 0 Å². The fraction of sp³-hybridized carbons (Fsp3) is 0.741. The number of carbonyl (C=O) groups is 7. The normalized spacial score (nSPS) is 34.1. The second kappa shape index (κ2) is 14.5. The third-order valence-corrected chi connectivity index (χ3v) is 6.83. The van der Waals surface area contributed by atoms with Crippen LogP contribution in [0, 0.1) is 0 Å². The van der Waals surface area contributed by atoms with E-state index in [0.29, 0.717) is 0 Å². The highest BCUT2D eigenvalue weighted by atomic mass is 19.1. The maximum absolute atomic E-state index is 17.3. The predicted molar refractivity (Wildman–Crippen MR) is 137 cm³/mol. The van der Waals surface area contributed by atoms with E-state index >= 15 is 4.39 Å². The molecule has 0 aromatic rings. The minimum Gasteiger partial charge on any atom is -0.463 e. The van der Waals surface area contributed by atoms with E-state index in [4.69, 9.17) is 47.4 Å². The first-order chi connectivity index (χ1) is 21.0. The summed E-state index contributed by atoms with van der Waals surface area (Å²) in [5, 5.41) is 0. The minimum absolute atomic E-state index is 0.603. The van der Waals surface area contributed by atoms with Crippen LogP contribution in [0.1, 0.15) is 48.5 Å². The topological polar surface area (TPSA) is 215 Å². The zero-order valence-electron chi connectivity index (χ0n) is 25.5. The molecule has 11 atom stereocenters. The van der Waals surface area contributed by atoms with E-state index in [0.717, 1.165) is 48.5 Å². The van der Waals surface area contributed by atoms with Crippen molar-refractivity contribution in [2.75, 3.05) is 13.2 Å². The Labute approximate surface area is 256 Å². The number of ether oxygens (including phenoxy) is 10. The molecular weight excluding hydrogens is 615 g/mol. The molecule has 3 aliphatic rings. The molecule has 0 aliphatic carbocycles. The molecule has 17 nitrogen and oxygen atoms in total. The highest BCUT2D eigenvalue weighted by Crippen LogP contribution is 2.55. The Morgan fingerprint density at radius 1 is 0.600 bits per heavy atom. The van der Waals surface area contributed by atoms with Crippen LogP contribution >= 0.6 is 0 Å². The average molecular weight is 651 g/mol. The number of fused-ring (bicyclic) bond motifs is 1. The molecule has 3 aliphatic heterocycles. The third-order valence-electron chi connectivity index (χ3n) is 6.83. The Kier molecular flexibility index (Phi) is 11.4. The molecular formula is C27H35FO17. The van der Waals surface area contributed by atoms with Gasteiger partial charge in [-0.1, -0.05) is 0 Å². The zero-order chi connectivity index (χ0) is 33.8. The van der Waals surface area contributed by atoms with Gasteiger partial charge in [-0.05, 0) is 0 Å². The summed E-state index contributed by atoms with van der Waals surface area (Å²) < 4.78 is 71.3. The third kappa shape index (κ3) is 8.43. The van der Waals surface area contributed by atoms with Gasteiger partial charge in [0.2, 0.25) is 6.29 Å². The average Bonchev–Trinajstić information content (AvgIpc) is 3.66. The Bertz CT molecular complexity index is 1190. The lowest BCUT2D eigenvalue weighted by molar-refractivity contribution is -0.273. The lowest BCUT2D eigenvalue weighted by Crippen LogP contribution is -2.69. The van der Waals surface area contributed by atoms with Gasteiger partial charge < -0.3 is 47.4 Å². The van der Waals surface area contributed by atoms with E-state index in [2.05, 4.69) is 0 Å². The van der Waals surface area contributed by atoms with Crippen LogP contribution in [0.2, 0.25) is 0 Å². The highest BCUT2D eigenvalue weighted by Gasteiger charge is 2.79. The van der Waals surface area contributed by atoms with Crippen molar-refractivity contribution >= 4 is 41.8 Å². The van der Waals surface area contributed by atoms with Crippen LogP contribution < -0.4 is 0 Å². The van der Waals surface area contributed by atoms with Crippen molar-refractivity contribution in [1.82, 2.24) is 0 Å². The van der Waals surface area contributed by atoms with Gasteiger partial charge in [0.15, 0.2) is 42.3 Å². The summed E-state index contributed by atoms with van der Waals surface area (Å²) in [4.78, 5) is 83.7. The van der Waals surface area contributed by atoms with Crippen molar-refractivity contribution in [2.45, 2.75) is 115 Å². The number of halogens is 1. The summed E-state index contributed by atoms with van der Waals surface area (Å²) in [5.74, 6) is -6.18. The number of esters is 7. The molecule has 0 saturated carbocycles. The van der Waals surface area contributed by atoms with Crippen molar-refractivity contribution in [3.05, 3.63) is 0 Å². The quantitative estimate of drug-likeness (QED) is 0.154. The SMILES string of the molecule is CC(=O)OC[C@H]1O[C@@H]([C@@H](F)[C@]23O[C@H]2[C@@H](OC(C)=O)O[C@H](COC(C)=O)[C@@H]3OC(C)=O)[C@H](OC(C)=O)[C@@H](OC(C)=O)[C@@H]1OC(C)=O. The van der Waals surface area contributed by atoms with Crippen molar-refractivity contribution < 1.29 is 85.3 Å². The van der Waals surface area contributed by atoms with Gasteiger partial charge in [0.1, 0.15) is 31.5 Å². The van der Waals surface area contributed by atoms with Crippen molar-refractivity contribution in [2.24, 2.45) is 0 Å². The fourth-order valence-corrected chi connectivity index (χ4v) is 5.35. The van der Waals surface area contributed by atoms with Crippen LogP contribution in [0.4, 0.5) is 4.39 Å². The smallest absolute Gasteiger partial charge is 0.305 e. The molecule has 0 radical (unpaired) electrons. The number of alkyl halides is 1. The number of carbonyl (C=O) groups excluding carboxylic acids is 7. The summed E-state index contributed by atoms with van der Waals surface area (Å²) >= 11 is 0. The number of hydrogen-bond donors (Lipinski definition) is 0. The van der Waals surface area contributed by atoms with Crippen LogP contribution in [-0.2, 0) is 80.9 Å². The molecule has 0 amide bonds. The summed E-state index contributed by atoms with van der Waals surface area (Å²) in [6.45, 7) is 5.93. The van der Waals surface area contributed by atoms with Gasteiger partial charge in [-0.25, -0.2) is 4.39 Å². The van der Waals surface area contributed by atoms with Gasteiger partial charge >= 0.3 is 41.8 Å². The number of epoxide rings is 1. The van der Waals surface area contributed by atoms with Gasteiger partial charge in [0, 0.05) is 48.5 Å². The Hall–Kier alpha value is -3.90. The van der Waals surface area contributed by atoms with Crippen molar-refractivity contribution in [1.29, 1.82) is 0 Å². The Morgan fingerprint density at radius 3 is 1.56 bits per heavy atom. The van der Waals surface area contributed by atoms with E-state index < -0.39 is 122 Å². The van der Waals surface area contributed by atoms with Gasteiger partial charge in [0.05, 0.1) is 0 Å². The highest BCUT2D eigenvalue weighted by molar-refractivity contribution is 5.69. The molecule has 3 saturated heterocycles. The summed E-state index contributed by atoms with van der Waals surface area (Å²) in [5.41, 5.74) is -2.25. The van der Waals surface area contributed by atoms with Crippen LogP contribution in [-0.4, -0.2) is 122 Å². The molecule has 3 fully saturated rings.